The van der Waals surface area contributed by atoms with Crippen LogP contribution in [0.5, 0.6) is 0 Å². The van der Waals surface area contributed by atoms with Gasteiger partial charge in [0, 0.05) is 0 Å². The minimum atomic E-state index is 0.963. The van der Waals surface area contributed by atoms with E-state index in [1.54, 1.807) is 0 Å². The Labute approximate surface area is 74.4 Å². The summed E-state index contributed by atoms with van der Waals surface area (Å²) in [5.74, 6) is 0.963. The second-order valence-corrected chi connectivity index (χ2v) is 4.11. The average Bonchev–Trinajstić information content (AvgIpc) is 1.99. The van der Waals surface area contributed by atoms with Crippen LogP contribution in [-0.4, -0.2) is 6.16 Å². The second kappa shape index (κ2) is 8.53. The van der Waals surface area contributed by atoms with Crippen molar-refractivity contribution in [2.75, 3.05) is 6.16 Å². The highest BCUT2D eigenvalue weighted by Gasteiger charge is 1.98. The van der Waals surface area contributed by atoms with Crippen LogP contribution >= 0.6 is 9.24 Å². The first-order valence-corrected chi connectivity index (χ1v) is 5.83. The topological polar surface area (TPSA) is 0 Å². The predicted octanol–water partition coefficient (Wildman–Crippen LogP) is 3.86. The molecule has 0 aromatic heterocycles. The van der Waals surface area contributed by atoms with Gasteiger partial charge in [0.15, 0.2) is 0 Å². The Morgan fingerprint density at radius 1 is 1.09 bits per heavy atom. The molecule has 0 N–H and O–H groups in total. The van der Waals surface area contributed by atoms with Crippen molar-refractivity contribution in [3.05, 3.63) is 0 Å². The zero-order valence-electron chi connectivity index (χ0n) is 8.10. The molecule has 0 saturated heterocycles. The Kier molecular flexibility index (Phi) is 8.86. The smallest absolute Gasteiger partial charge is 0.0381 e. The Bertz CT molecular complexity index is 71.3. The summed E-state index contributed by atoms with van der Waals surface area (Å²) in [6.45, 7) is 4.66. The molecule has 0 aromatic carbocycles. The molecule has 0 radical (unpaired) electrons. The van der Waals surface area contributed by atoms with E-state index in [4.69, 9.17) is 0 Å². The number of rotatable bonds is 7. The summed E-state index contributed by atoms with van der Waals surface area (Å²) in [7, 11) is 2.80. The number of hydrogen-bond acceptors (Lipinski definition) is 0. The predicted molar refractivity (Wildman–Crippen MR) is 57.1 cm³/mol. The van der Waals surface area contributed by atoms with E-state index >= 15 is 0 Å². The minimum absolute atomic E-state index is 0.963. The maximum Gasteiger partial charge on any atom is -0.0381 e. The molecule has 2 atom stereocenters. The molecule has 0 aliphatic carbocycles. The van der Waals surface area contributed by atoms with Gasteiger partial charge in [0.1, 0.15) is 0 Å². The van der Waals surface area contributed by atoms with Gasteiger partial charge in [-0.2, -0.15) is 0 Å². The molecule has 0 heterocycles. The number of unbranched alkanes of at least 4 members (excludes halogenated alkanes) is 2. The summed E-state index contributed by atoms with van der Waals surface area (Å²) in [6, 6.07) is 0. The van der Waals surface area contributed by atoms with Crippen LogP contribution in [-0.2, 0) is 0 Å². The van der Waals surface area contributed by atoms with E-state index in [1.807, 2.05) is 0 Å². The van der Waals surface area contributed by atoms with Crippen LogP contribution in [0, 0.1) is 5.92 Å². The van der Waals surface area contributed by atoms with E-state index in [1.165, 1.54) is 44.7 Å². The minimum Gasteiger partial charge on any atom is -0.138 e. The lowest BCUT2D eigenvalue weighted by Crippen LogP contribution is -1.93. The monoisotopic (exact) mass is 174 g/mol. The van der Waals surface area contributed by atoms with Gasteiger partial charge in [-0.05, 0) is 18.5 Å². The van der Waals surface area contributed by atoms with Gasteiger partial charge >= 0.3 is 0 Å². The molecule has 0 aliphatic heterocycles. The van der Waals surface area contributed by atoms with E-state index in [0.29, 0.717) is 0 Å². The highest BCUT2D eigenvalue weighted by atomic mass is 31.0. The molecule has 0 saturated carbocycles. The van der Waals surface area contributed by atoms with Crippen molar-refractivity contribution in [1.29, 1.82) is 0 Å². The number of hydrogen-bond donors (Lipinski definition) is 0. The Morgan fingerprint density at radius 2 is 1.82 bits per heavy atom. The SMILES string of the molecule is CCCC(C)CCCCCP. The van der Waals surface area contributed by atoms with Crippen molar-refractivity contribution in [3.8, 4) is 0 Å². The summed E-state index contributed by atoms with van der Waals surface area (Å²) in [5.41, 5.74) is 0. The Balaban J connectivity index is 2.97. The van der Waals surface area contributed by atoms with Gasteiger partial charge in [0.05, 0.1) is 0 Å². The second-order valence-electron chi connectivity index (χ2n) is 3.53. The van der Waals surface area contributed by atoms with E-state index in [9.17, 15) is 0 Å². The summed E-state index contributed by atoms with van der Waals surface area (Å²) in [6.07, 6.45) is 9.75. The molecule has 0 aliphatic rings. The van der Waals surface area contributed by atoms with Crippen LogP contribution < -0.4 is 0 Å². The molecule has 0 fully saturated rings. The van der Waals surface area contributed by atoms with Crippen molar-refractivity contribution < 1.29 is 0 Å². The lowest BCUT2D eigenvalue weighted by Gasteiger charge is -2.08. The van der Waals surface area contributed by atoms with E-state index < -0.39 is 0 Å². The quantitative estimate of drug-likeness (QED) is 0.406. The van der Waals surface area contributed by atoms with Crippen LogP contribution in [0.25, 0.3) is 0 Å². The van der Waals surface area contributed by atoms with Gasteiger partial charge in [-0.25, -0.2) is 0 Å². The van der Waals surface area contributed by atoms with Gasteiger partial charge in [-0.1, -0.05) is 46.0 Å². The van der Waals surface area contributed by atoms with Crippen LogP contribution in [0.15, 0.2) is 0 Å². The average molecular weight is 174 g/mol. The van der Waals surface area contributed by atoms with Crippen LogP contribution in [0.1, 0.15) is 52.4 Å². The molecular weight excluding hydrogens is 151 g/mol. The van der Waals surface area contributed by atoms with E-state index in [2.05, 4.69) is 23.1 Å². The van der Waals surface area contributed by atoms with Gasteiger partial charge < -0.3 is 0 Å². The van der Waals surface area contributed by atoms with Crippen LogP contribution in [0.3, 0.4) is 0 Å². The lowest BCUT2D eigenvalue weighted by atomic mass is 9.99. The fraction of sp³-hybridized carbons (Fsp3) is 1.00. The third-order valence-corrected chi connectivity index (χ3v) is 2.59. The van der Waals surface area contributed by atoms with Crippen molar-refractivity contribution in [1.82, 2.24) is 0 Å². The molecule has 2 unspecified atom stereocenters. The molecule has 0 amide bonds. The van der Waals surface area contributed by atoms with Gasteiger partial charge in [-0.3, -0.25) is 0 Å². The zero-order chi connectivity index (χ0) is 8.53. The van der Waals surface area contributed by atoms with Crippen molar-refractivity contribution >= 4 is 9.24 Å². The van der Waals surface area contributed by atoms with E-state index in [0.717, 1.165) is 5.92 Å². The standard InChI is InChI=1S/C10H23P/c1-3-7-10(2)8-5-4-6-9-11/h10H,3-9,11H2,1-2H3. The molecule has 68 valence electrons. The van der Waals surface area contributed by atoms with Gasteiger partial charge in [0.2, 0.25) is 0 Å². The summed E-state index contributed by atoms with van der Waals surface area (Å²) < 4.78 is 0. The molecule has 1 heteroatoms. The van der Waals surface area contributed by atoms with E-state index in [-0.39, 0.29) is 0 Å². The maximum atomic E-state index is 2.80. The van der Waals surface area contributed by atoms with Crippen LogP contribution in [0.2, 0.25) is 0 Å². The van der Waals surface area contributed by atoms with Crippen LogP contribution in [0.4, 0.5) is 0 Å². The molecule has 0 rings (SSSR count). The fourth-order valence-corrected chi connectivity index (χ4v) is 1.74. The van der Waals surface area contributed by atoms with Crippen molar-refractivity contribution in [2.24, 2.45) is 5.92 Å². The van der Waals surface area contributed by atoms with Crippen molar-refractivity contribution in [3.63, 3.8) is 0 Å². The first-order chi connectivity index (χ1) is 5.31. The van der Waals surface area contributed by atoms with Gasteiger partial charge in [0.25, 0.3) is 0 Å². The Morgan fingerprint density at radius 3 is 2.36 bits per heavy atom. The molecule has 0 spiro atoms. The zero-order valence-corrected chi connectivity index (χ0v) is 9.26. The fourth-order valence-electron chi connectivity index (χ4n) is 1.45. The highest BCUT2D eigenvalue weighted by Crippen LogP contribution is 2.14. The van der Waals surface area contributed by atoms with Gasteiger partial charge in [-0.15, -0.1) is 9.24 Å². The summed E-state index contributed by atoms with van der Waals surface area (Å²) in [4.78, 5) is 0. The molecule has 0 aromatic rings. The largest absolute Gasteiger partial charge is 0.138 e. The molecular formula is C10H23P. The lowest BCUT2D eigenvalue weighted by molar-refractivity contribution is 0.460. The summed E-state index contributed by atoms with van der Waals surface area (Å²) >= 11 is 0. The highest BCUT2D eigenvalue weighted by molar-refractivity contribution is 7.16. The first-order valence-electron chi connectivity index (χ1n) is 5.01. The normalized spacial score (nSPS) is 13.4. The molecule has 0 bridgehead atoms. The third kappa shape index (κ3) is 8.34. The maximum absolute atomic E-state index is 2.80. The van der Waals surface area contributed by atoms with Crippen molar-refractivity contribution in [2.45, 2.75) is 52.4 Å². The summed E-state index contributed by atoms with van der Waals surface area (Å²) in [5, 5.41) is 0. The molecule has 0 nitrogen and oxygen atoms in total. The third-order valence-electron chi connectivity index (χ3n) is 2.18. The molecule has 11 heavy (non-hydrogen) atoms. The Hall–Kier alpha value is 0.430. The first kappa shape index (κ1) is 11.4.